The van der Waals surface area contributed by atoms with Crippen molar-refractivity contribution in [2.75, 3.05) is 24.6 Å². The first-order chi connectivity index (χ1) is 16.0. The van der Waals surface area contributed by atoms with Gasteiger partial charge in [-0.05, 0) is 41.0 Å². The minimum atomic E-state index is -4.84. The molecule has 0 radical (unpaired) electrons. The second-order valence-corrected chi connectivity index (χ2v) is 8.25. The Morgan fingerprint density at radius 1 is 0.794 bits per heavy atom. The molecule has 11 heteroatoms. The van der Waals surface area contributed by atoms with Crippen molar-refractivity contribution in [1.29, 1.82) is 0 Å². The molecule has 0 bridgehead atoms. The van der Waals surface area contributed by atoms with Gasteiger partial charge in [0.2, 0.25) is 5.91 Å². The lowest BCUT2D eigenvalue weighted by molar-refractivity contribution is -0.275. The molecule has 0 unspecified atom stereocenters. The molecule has 0 spiro atoms. The molecule has 3 rings (SSSR count). The Hall–Kier alpha value is -3.08. The molecule has 2 aromatic carbocycles. The molecule has 182 valence electrons. The van der Waals surface area contributed by atoms with Crippen LogP contribution >= 0.6 is 11.8 Å². The highest BCUT2D eigenvalue weighted by Crippen LogP contribution is 2.30. The number of halogens is 6. The van der Waals surface area contributed by atoms with Gasteiger partial charge in [-0.3, -0.25) is 4.79 Å². The lowest BCUT2D eigenvalue weighted by Gasteiger charge is -2.24. The van der Waals surface area contributed by atoms with Crippen molar-refractivity contribution in [1.82, 2.24) is 4.90 Å². The van der Waals surface area contributed by atoms with Gasteiger partial charge in [-0.25, -0.2) is 0 Å². The average Bonchev–Trinajstić information content (AvgIpc) is 2.77. The molecule has 1 aliphatic heterocycles. The molecule has 0 N–H and O–H groups in total. The van der Waals surface area contributed by atoms with Gasteiger partial charge >= 0.3 is 12.7 Å². The van der Waals surface area contributed by atoms with Gasteiger partial charge in [0.15, 0.2) is 0 Å². The number of amides is 1. The first-order valence-electron chi connectivity index (χ1n) is 9.97. The van der Waals surface area contributed by atoms with Crippen molar-refractivity contribution >= 4 is 23.2 Å². The third kappa shape index (κ3) is 8.05. The lowest BCUT2D eigenvalue weighted by Crippen LogP contribution is -2.36. The molecule has 2 aromatic rings. The van der Waals surface area contributed by atoms with E-state index in [-0.39, 0.29) is 5.91 Å². The van der Waals surface area contributed by atoms with Crippen molar-refractivity contribution in [3.05, 3.63) is 77.9 Å². The van der Waals surface area contributed by atoms with Crippen LogP contribution in [0.2, 0.25) is 0 Å². The van der Waals surface area contributed by atoms with E-state index in [9.17, 15) is 31.1 Å². The van der Waals surface area contributed by atoms with Crippen LogP contribution in [-0.4, -0.2) is 48.1 Å². The van der Waals surface area contributed by atoms with Crippen LogP contribution in [-0.2, 0) is 4.79 Å². The number of rotatable bonds is 6. The molecule has 1 aliphatic rings. The quantitative estimate of drug-likeness (QED) is 0.274. The second kappa shape index (κ2) is 10.9. The third-order valence-corrected chi connectivity index (χ3v) is 5.56. The van der Waals surface area contributed by atoms with E-state index in [1.54, 1.807) is 22.7 Å². The molecular weight excluding hydrogens is 484 g/mol. The van der Waals surface area contributed by atoms with Gasteiger partial charge in [-0.1, -0.05) is 36.4 Å². The normalized spacial score (nSPS) is 14.7. The second-order valence-electron chi connectivity index (χ2n) is 7.02. The van der Waals surface area contributed by atoms with E-state index >= 15 is 0 Å². The predicted octanol–water partition coefficient (Wildman–Crippen LogP) is 6.05. The fraction of sp³-hybridized carbons (Fsp3) is 0.261. The molecule has 0 aromatic heterocycles. The largest absolute Gasteiger partial charge is 0.573 e. The Balaban J connectivity index is 1.87. The maximum Gasteiger partial charge on any atom is 0.573 e. The predicted molar refractivity (Wildman–Crippen MR) is 116 cm³/mol. The zero-order chi connectivity index (χ0) is 24.8. The van der Waals surface area contributed by atoms with E-state index in [4.69, 9.17) is 0 Å². The molecule has 1 amide bonds. The smallest absolute Gasteiger partial charge is 0.406 e. The zero-order valence-electron chi connectivity index (χ0n) is 17.5. The number of hydrogen-bond donors (Lipinski definition) is 0. The number of benzene rings is 2. The van der Waals surface area contributed by atoms with Crippen LogP contribution in [0.25, 0.3) is 5.57 Å². The van der Waals surface area contributed by atoms with E-state index in [1.165, 1.54) is 36.4 Å². The third-order valence-electron chi connectivity index (χ3n) is 4.62. The maximum absolute atomic E-state index is 12.4. The number of carbonyl (C=O) groups excluding carboxylic acids is 1. The lowest BCUT2D eigenvalue weighted by atomic mass is 9.97. The van der Waals surface area contributed by atoms with Gasteiger partial charge in [0.05, 0.1) is 0 Å². The fourth-order valence-electron chi connectivity index (χ4n) is 3.15. The van der Waals surface area contributed by atoms with Crippen LogP contribution in [0.15, 0.2) is 66.8 Å². The molecule has 1 saturated heterocycles. The van der Waals surface area contributed by atoms with Gasteiger partial charge < -0.3 is 14.4 Å². The van der Waals surface area contributed by atoms with Gasteiger partial charge in [0, 0.05) is 30.7 Å². The molecule has 1 fully saturated rings. The molecule has 0 aliphatic carbocycles. The van der Waals surface area contributed by atoms with Gasteiger partial charge in [0.25, 0.3) is 0 Å². The Morgan fingerprint density at radius 3 is 1.65 bits per heavy atom. The summed E-state index contributed by atoms with van der Waals surface area (Å²) in [7, 11) is 0. The van der Waals surface area contributed by atoms with Crippen LogP contribution in [0, 0.1) is 0 Å². The van der Waals surface area contributed by atoms with E-state index < -0.39 is 24.2 Å². The Morgan fingerprint density at radius 2 is 1.24 bits per heavy atom. The highest BCUT2D eigenvalue weighted by Gasteiger charge is 2.31. The van der Waals surface area contributed by atoms with Crippen LogP contribution in [0.5, 0.6) is 11.5 Å². The summed E-state index contributed by atoms with van der Waals surface area (Å²) in [5.74, 6) is 0.675. The van der Waals surface area contributed by atoms with E-state index in [2.05, 4.69) is 9.47 Å². The van der Waals surface area contributed by atoms with Crippen molar-refractivity contribution in [3.8, 4) is 11.5 Å². The molecule has 0 atom stereocenters. The minimum Gasteiger partial charge on any atom is -0.406 e. The Kier molecular flexibility index (Phi) is 8.19. The number of hydrogen-bond acceptors (Lipinski definition) is 4. The van der Waals surface area contributed by atoms with Crippen LogP contribution in [0.3, 0.4) is 0 Å². The summed E-state index contributed by atoms with van der Waals surface area (Å²) in [5, 5.41) is 0. The van der Waals surface area contributed by atoms with E-state index in [1.807, 2.05) is 0 Å². The van der Waals surface area contributed by atoms with E-state index in [0.717, 1.165) is 35.8 Å². The van der Waals surface area contributed by atoms with Crippen molar-refractivity contribution in [2.45, 2.75) is 12.7 Å². The molecule has 0 saturated carbocycles. The Bertz CT molecular complexity index is 963. The number of carbonyl (C=O) groups is 1. The molecule has 4 nitrogen and oxygen atoms in total. The summed E-state index contributed by atoms with van der Waals surface area (Å²) in [4.78, 5) is 14.1. The number of nitrogens with zero attached hydrogens (tertiary/aromatic N) is 1. The van der Waals surface area contributed by atoms with Crippen LogP contribution in [0.1, 0.15) is 11.1 Å². The van der Waals surface area contributed by atoms with Gasteiger partial charge in [-0.2, -0.15) is 11.8 Å². The fourth-order valence-corrected chi connectivity index (χ4v) is 4.05. The Labute approximate surface area is 195 Å². The number of ether oxygens (including phenoxy) is 2. The number of alkyl halides is 6. The van der Waals surface area contributed by atoms with Crippen LogP contribution < -0.4 is 9.47 Å². The number of allylic oxidation sites excluding steroid dienone is 2. The summed E-state index contributed by atoms with van der Waals surface area (Å²) in [6, 6.07) is 10.0. The summed E-state index contributed by atoms with van der Waals surface area (Å²) >= 11 is 1.76. The average molecular weight is 503 g/mol. The summed E-state index contributed by atoms with van der Waals surface area (Å²) in [5.41, 5.74) is 1.39. The van der Waals surface area contributed by atoms with Gasteiger partial charge in [-0.15, -0.1) is 26.3 Å². The topological polar surface area (TPSA) is 38.8 Å². The zero-order valence-corrected chi connectivity index (χ0v) is 18.3. The first-order valence-corrected chi connectivity index (χ1v) is 11.1. The summed E-state index contributed by atoms with van der Waals surface area (Å²) in [6.45, 7) is 1.26. The van der Waals surface area contributed by atoms with Crippen molar-refractivity contribution in [3.63, 3.8) is 0 Å². The monoisotopic (exact) mass is 503 g/mol. The molecule has 34 heavy (non-hydrogen) atoms. The summed E-state index contributed by atoms with van der Waals surface area (Å²) < 4.78 is 82.4. The molecular formula is C23H19F6NO3S. The summed E-state index contributed by atoms with van der Waals surface area (Å²) in [6.07, 6.45) is -5.25. The van der Waals surface area contributed by atoms with Crippen molar-refractivity contribution < 1.29 is 40.6 Å². The number of thioether (sulfide) groups is 1. The van der Waals surface area contributed by atoms with Crippen LogP contribution in [0.4, 0.5) is 26.3 Å². The maximum atomic E-state index is 12.4. The molecule has 1 heterocycles. The standard InChI is InChI=1S/C23H19F6NO3S/c24-22(25,26)32-18-8-4-16(5-9-18)20(2-1-3-21(31)30-12-14-34-15-13-30)17-6-10-19(11-7-17)33-23(27,28)29/h1-11H,12-15H2. The highest BCUT2D eigenvalue weighted by atomic mass is 32.2. The van der Waals surface area contributed by atoms with Crippen molar-refractivity contribution in [2.24, 2.45) is 0 Å². The highest BCUT2D eigenvalue weighted by molar-refractivity contribution is 7.99. The SMILES string of the molecule is O=C(C=CC=C(c1ccc(OC(F)(F)F)cc1)c1ccc(OC(F)(F)F)cc1)N1CCSCC1. The first kappa shape index (κ1) is 25.5. The minimum absolute atomic E-state index is 0.182. The van der Waals surface area contributed by atoms with Gasteiger partial charge in [0.1, 0.15) is 11.5 Å². The van der Waals surface area contributed by atoms with E-state index in [0.29, 0.717) is 29.8 Å².